The number of carbonyl (C=O) groups excluding carboxylic acids is 2. The van der Waals surface area contributed by atoms with E-state index in [-0.39, 0.29) is 54.1 Å². The molecule has 0 saturated carbocycles. The van der Waals surface area contributed by atoms with Crippen molar-refractivity contribution in [1.29, 1.82) is 0 Å². The smallest absolute Gasteiger partial charge is 1.00 e. The molecule has 0 aliphatic carbocycles. The molecule has 2 amide bonds. The summed E-state index contributed by atoms with van der Waals surface area (Å²) in [6.45, 7) is 16.5. The van der Waals surface area contributed by atoms with Gasteiger partial charge in [-0.2, -0.15) is 9.98 Å². The number of aromatic nitrogens is 6. The van der Waals surface area contributed by atoms with Gasteiger partial charge in [0.1, 0.15) is 11.5 Å². The molecule has 1 radical (unpaired) electrons. The van der Waals surface area contributed by atoms with Crippen LogP contribution in [0.4, 0.5) is 0 Å². The van der Waals surface area contributed by atoms with E-state index >= 15 is 0 Å². The molecule has 7 heterocycles. The molecule has 2 aliphatic rings. The van der Waals surface area contributed by atoms with Crippen LogP contribution >= 0.6 is 22.7 Å². The summed E-state index contributed by atoms with van der Waals surface area (Å²) < 4.78 is 15.6. The van der Waals surface area contributed by atoms with Crippen molar-refractivity contribution in [2.45, 2.75) is 53.4 Å². The van der Waals surface area contributed by atoms with Crippen molar-refractivity contribution in [3.63, 3.8) is 0 Å². The van der Waals surface area contributed by atoms with E-state index in [0.717, 1.165) is 95.5 Å². The van der Waals surface area contributed by atoms with Crippen molar-refractivity contribution in [3.05, 3.63) is 224 Å². The number of amides is 2. The molecule has 9 aromatic rings. The number of thiazole rings is 2. The quantitative estimate of drug-likeness (QED) is 0.0980. The summed E-state index contributed by atoms with van der Waals surface area (Å²) in [5.74, 6) is 0.722. The number of hydrogen-bond acceptors (Lipinski definition) is 8. The van der Waals surface area contributed by atoms with Crippen LogP contribution in [-0.2, 0) is 39.5 Å². The maximum absolute atomic E-state index is 14.4. The first-order valence-corrected chi connectivity index (χ1v) is 28.0. The second kappa shape index (κ2) is 25.2. The zero-order valence-electron chi connectivity index (χ0n) is 46.0. The molecule has 0 spiro atoms. The van der Waals surface area contributed by atoms with Crippen molar-refractivity contribution in [3.8, 4) is 45.4 Å². The Kier molecular flexibility index (Phi) is 17.9. The van der Waals surface area contributed by atoms with Crippen molar-refractivity contribution in [2.75, 3.05) is 14.2 Å². The Balaban J connectivity index is 0.00000405. The van der Waals surface area contributed by atoms with Gasteiger partial charge >= 0.3 is 17.1 Å². The number of ether oxygens (including phenoxy) is 2. The molecule has 2 aliphatic heterocycles. The van der Waals surface area contributed by atoms with Crippen molar-refractivity contribution in [2.24, 2.45) is 9.98 Å². The van der Waals surface area contributed by atoms with Gasteiger partial charge in [0, 0.05) is 34.7 Å². The first-order chi connectivity index (χ1) is 39.0. The first-order valence-electron chi connectivity index (χ1n) is 26.2. The molecule has 5 aromatic heterocycles. The molecule has 0 fully saturated rings. The molecule has 0 N–H and O–H groups in total. The monoisotopic (exact) mass is 1180 g/mol. The number of para-hydroxylation sites is 4. The molecule has 0 unspecified atom stereocenters. The Bertz CT molecular complexity index is 4370. The number of hydrogen-bond donors (Lipinski definition) is 0. The second-order valence-electron chi connectivity index (χ2n) is 19.4. The van der Waals surface area contributed by atoms with Crippen LogP contribution in [0.3, 0.4) is 0 Å². The number of allylic oxidation sites excluding steroid dienone is 6. The number of methoxy groups -OCH3 is 2. The SMILES string of the molecule is C=CC1=C(C)c2cc3[n-]c(cc4[n-]c(cc5nc(cc1n2)C(C)=C5C=C)c(C)c4CCC(=O)N=c1scc(-c2ccccc2)n1-c1ccccc1OC)c(CCC(=O)N=c1scc(-c2ccccc2)n1-c1ccccc1OC)c3C.[Cl-].[Fe+3]. The predicted octanol–water partition coefficient (Wildman–Crippen LogP) is 10.6. The molecule has 82 heavy (non-hydrogen) atoms. The van der Waals surface area contributed by atoms with Gasteiger partial charge in [0.2, 0.25) is 11.8 Å². The fraction of sp³-hybridized carbons (Fsp3) is 0.152. The van der Waals surface area contributed by atoms with Gasteiger partial charge in [-0.1, -0.05) is 151 Å². The van der Waals surface area contributed by atoms with Crippen LogP contribution in [0.15, 0.2) is 180 Å². The molecular formula is C66H56ClFeN8O4S2. The Morgan fingerprint density at radius 3 is 1.37 bits per heavy atom. The molecule has 411 valence electrons. The minimum atomic E-state index is -0.292. The van der Waals surface area contributed by atoms with E-state index in [1.807, 2.05) is 193 Å². The van der Waals surface area contributed by atoms with Crippen LogP contribution < -0.4 is 41.5 Å². The first kappa shape index (κ1) is 58.2. The predicted molar refractivity (Wildman–Crippen MR) is 323 cm³/mol. The average Bonchev–Trinajstić information content (AvgIpc) is 4.49. The molecular weight excluding hydrogens is 1120 g/mol. The van der Waals surface area contributed by atoms with Gasteiger partial charge in [-0.3, -0.25) is 18.7 Å². The van der Waals surface area contributed by atoms with E-state index in [4.69, 9.17) is 39.4 Å². The molecule has 16 heteroatoms. The number of nitrogens with zero attached hydrogens (tertiary/aromatic N) is 8. The van der Waals surface area contributed by atoms with Gasteiger partial charge in [-0.15, -0.1) is 44.7 Å². The molecule has 12 nitrogen and oxygen atoms in total. The minimum absolute atomic E-state index is 0. The zero-order valence-corrected chi connectivity index (χ0v) is 49.5. The van der Waals surface area contributed by atoms with E-state index in [1.165, 1.54) is 22.7 Å². The topological polar surface area (TPSA) is 141 Å². The van der Waals surface area contributed by atoms with E-state index in [9.17, 15) is 9.59 Å². The van der Waals surface area contributed by atoms with E-state index in [0.29, 0.717) is 61.7 Å². The summed E-state index contributed by atoms with van der Waals surface area (Å²) in [5, 5.41) is 4.04. The average molecular weight is 1180 g/mol. The summed E-state index contributed by atoms with van der Waals surface area (Å²) in [5.41, 5.74) is 18.2. The van der Waals surface area contributed by atoms with Crippen LogP contribution in [0.5, 0.6) is 11.5 Å². The molecule has 8 bridgehead atoms. The number of benzene rings is 4. The van der Waals surface area contributed by atoms with Crippen LogP contribution in [0.25, 0.3) is 78.2 Å². The Morgan fingerprint density at radius 1 is 0.549 bits per heavy atom. The maximum Gasteiger partial charge on any atom is 3.00 e. The number of carbonyl (C=O) groups is 2. The summed E-state index contributed by atoms with van der Waals surface area (Å²) >= 11 is 2.80. The Labute approximate surface area is 500 Å². The number of fused-ring (bicyclic) bond motifs is 8. The minimum Gasteiger partial charge on any atom is -1.00 e. The third kappa shape index (κ3) is 11.3. The summed E-state index contributed by atoms with van der Waals surface area (Å²) in [6, 6.07) is 43.5. The maximum atomic E-state index is 14.4. The van der Waals surface area contributed by atoms with Gasteiger partial charge in [0.25, 0.3) is 0 Å². The third-order valence-electron chi connectivity index (χ3n) is 14.7. The van der Waals surface area contributed by atoms with Gasteiger partial charge in [-0.25, -0.2) is 9.97 Å². The van der Waals surface area contributed by atoms with Gasteiger partial charge in [0.05, 0.1) is 59.8 Å². The van der Waals surface area contributed by atoms with E-state index in [1.54, 1.807) is 14.2 Å². The van der Waals surface area contributed by atoms with Crippen molar-refractivity contribution < 1.29 is 48.5 Å². The zero-order chi connectivity index (χ0) is 55.6. The fourth-order valence-electron chi connectivity index (χ4n) is 10.4. The Morgan fingerprint density at radius 2 is 0.939 bits per heavy atom. The van der Waals surface area contributed by atoms with Crippen molar-refractivity contribution in [1.82, 2.24) is 29.1 Å². The number of halogens is 1. The van der Waals surface area contributed by atoms with Crippen LogP contribution in [-0.4, -0.2) is 45.1 Å². The molecule has 4 aromatic carbocycles. The third-order valence-corrected chi connectivity index (χ3v) is 16.4. The number of rotatable bonds is 14. The molecule has 11 rings (SSSR count). The molecule has 0 saturated heterocycles. The standard InChI is InChI=1S/C66H56N8O4S2.ClH.Fe/c1-9-45-39(3)49-33-50-41(5)47(29-31-63(75)71-65-73(57-25-17-19-27-61(57)77-7)59(37-79-65)43-21-13-11-14-22-43)55(69-50)36-56-48(42(6)52(70-56)35-54-46(10-2)40(4)51(68-54)34-53(45)67-49)30-32-64(76)72-66-74(58-26-18-20-28-62(58)78-8)60(38-80-66)44-23-15-12-16-24-44;;/h9-28,33-38H,1-2,29-32H2,3-8H3;1H;/q-2;;+3/p-1. The normalized spacial score (nSPS) is 12.5. The van der Waals surface area contributed by atoms with Crippen LogP contribution in [0.1, 0.15) is 71.7 Å². The summed E-state index contributed by atoms with van der Waals surface area (Å²) in [4.78, 5) is 60.2. The largest absolute Gasteiger partial charge is 3.00 e. The van der Waals surface area contributed by atoms with Gasteiger partial charge in [-0.05, 0) is 93.1 Å². The van der Waals surface area contributed by atoms with E-state index < -0.39 is 0 Å². The van der Waals surface area contributed by atoms with Crippen molar-refractivity contribution >= 4 is 78.8 Å². The summed E-state index contributed by atoms with van der Waals surface area (Å²) in [7, 11) is 3.27. The van der Waals surface area contributed by atoms with Gasteiger partial charge in [0.15, 0.2) is 9.60 Å². The number of aryl methyl sites for hydroxylation is 4. The van der Waals surface area contributed by atoms with Crippen LogP contribution in [0, 0.1) is 13.8 Å². The van der Waals surface area contributed by atoms with Gasteiger partial charge < -0.3 is 31.8 Å². The summed E-state index contributed by atoms with van der Waals surface area (Å²) in [6.07, 6.45) is 4.51. The molecule has 0 atom stereocenters. The second-order valence-corrected chi connectivity index (χ2v) is 21.0. The van der Waals surface area contributed by atoms with E-state index in [2.05, 4.69) is 13.2 Å². The Hall–Kier alpha value is -8.43. The van der Waals surface area contributed by atoms with Crippen LogP contribution in [0.2, 0.25) is 0 Å². The fourth-order valence-corrected chi connectivity index (χ4v) is 12.3.